The maximum atomic E-state index is 13.7. The standard InChI is InChI=1S/C19H17BrF3N5O/c1-26-6-8-27(9-7-26)18(29)15-11-17-24-14(12-2-4-13(20)5-3-12)10-16(19(21,22)23)28(17)25-15/h2-5,10-11H,6-9H2,1H3. The van der Waals surface area contributed by atoms with Gasteiger partial charge in [0.1, 0.15) is 0 Å². The molecule has 0 N–H and O–H groups in total. The Balaban J connectivity index is 1.78. The lowest BCUT2D eigenvalue weighted by atomic mass is 10.1. The number of rotatable bonds is 2. The van der Waals surface area contributed by atoms with E-state index >= 15 is 0 Å². The van der Waals surface area contributed by atoms with Gasteiger partial charge in [-0.2, -0.15) is 18.3 Å². The number of alkyl halides is 3. The Bertz CT molecular complexity index is 1060. The topological polar surface area (TPSA) is 53.7 Å². The molecule has 0 atom stereocenters. The van der Waals surface area contributed by atoms with Crippen molar-refractivity contribution >= 4 is 27.5 Å². The number of likely N-dealkylation sites (N-methyl/N-ethyl adjacent to an activating group) is 1. The average Bonchev–Trinajstić information content (AvgIpc) is 3.11. The predicted octanol–water partition coefficient (Wildman–Crippen LogP) is 3.57. The summed E-state index contributed by atoms with van der Waals surface area (Å²) in [5.74, 6) is -0.387. The zero-order chi connectivity index (χ0) is 20.8. The first-order chi connectivity index (χ1) is 13.7. The lowest BCUT2D eigenvalue weighted by Crippen LogP contribution is -2.47. The van der Waals surface area contributed by atoms with E-state index in [4.69, 9.17) is 0 Å². The summed E-state index contributed by atoms with van der Waals surface area (Å²) in [5.41, 5.74) is -0.334. The number of halogens is 4. The van der Waals surface area contributed by atoms with Gasteiger partial charge in [-0.15, -0.1) is 0 Å². The van der Waals surface area contributed by atoms with Crippen molar-refractivity contribution in [2.75, 3.05) is 33.2 Å². The minimum atomic E-state index is -4.65. The maximum Gasteiger partial charge on any atom is 0.433 e. The molecular weight excluding hydrogens is 451 g/mol. The summed E-state index contributed by atoms with van der Waals surface area (Å²) in [4.78, 5) is 20.7. The second kappa shape index (κ2) is 7.42. The second-order valence-corrected chi connectivity index (χ2v) is 7.84. The monoisotopic (exact) mass is 467 g/mol. The van der Waals surface area contributed by atoms with E-state index < -0.39 is 11.9 Å². The van der Waals surface area contributed by atoms with Crippen LogP contribution in [0.4, 0.5) is 13.2 Å². The largest absolute Gasteiger partial charge is 0.433 e. The fourth-order valence-corrected chi connectivity index (χ4v) is 3.49. The summed E-state index contributed by atoms with van der Waals surface area (Å²) in [6.07, 6.45) is -4.65. The van der Waals surface area contributed by atoms with Crippen molar-refractivity contribution in [3.05, 3.63) is 52.3 Å². The summed E-state index contributed by atoms with van der Waals surface area (Å²) in [6, 6.07) is 9.08. The van der Waals surface area contributed by atoms with Gasteiger partial charge in [0.2, 0.25) is 0 Å². The van der Waals surface area contributed by atoms with Crippen molar-refractivity contribution in [3.63, 3.8) is 0 Å². The minimum Gasteiger partial charge on any atom is -0.335 e. The van der Waals surface area contributed by atoms with E-state index in [0.29, 0.717) is 36.3 Å². The molecule has 0 spiro atoms. The molecule has 29 heavy (non-hydrogen) atoms. The van der Waals surface area contributed by atoms with E-state index in [1.165, 1.54) is 6.07 Å². The number of amides is 1. The number of carbonyl (C=O) groups excluding carboxylic acids is 1. The first-order valence-corrected chi connectivity index (χ1v) is 9.73. The van der Waals surface area contributed by atoms with E-state index in [9.17, 15) is 18.0 Å². The van der Waals surface area contributed by atoms with Crippen LogP contribution in [0.1, 0.15) is 16.2 Å². The maximum absolute atomic E-state index is 13.7. The van der Waals surface area contributed by atoms with Gasteiger partial charge < -0.3 is 9.80 Å². The Labute approximate surface area is 173 Å². The predicted molar refractivity (Wildman–Crippen MR) is 105 cm³/mol. The second-order valence-electron chi connectivity index (χ2n) is 6.93. The Hall–Kier alpha value is -2.46. The first-order valence-electron chi connectivity index (χ1n) is 8.94. The van der Waals surface area contributed by atoms with Crippen LogP contribution in [-0.2, 0) is 6.18 Å². The molecule has 3 aromatic rings. The molecule has 0 saturated carbocycles. The Morgan fingerprint density at radius 2 is 1.72 bits per heavy atom. The Morgan fingerprint density at radius 1 is 1.07 bits per heavy atom. The fraction of sp³-hybridized carbons (Fsp3) is 0.316. The van der Waals surface area contributed by atoms with Crippen molar-refractivity contribution < 1.29 is 18.0 Å². The van der Waals surface area contributed by atoms with Crippen molar-refractivity contribution in [1.29, 1.82) is 0 Å². The van der Waals surface area contributed by atoms with Crippen molar-refractivity contribution in [2.45, 2.75) is 6.18 Å². The van der Waals surface area contributed by atoms with Gasteiger partial charge in [0.15, 0.2) is 17.0 Å². The van der Waals surface area contributed by atoms with Gasteiger partial charge in [0.05, 0.1) is 5.69 Å². The number of fused-ring (bicyclic) bond motifs is 1. The molecule has 1 aromatic carbocycles. The molecule has 152 valence electrons. The van der Waals surface area contributed by atoms with Crippen molar-refractivity contribution in [2.24, 2.45) is 0 Å². The Morgan fingerprint density at radius 3 is 2.34 bits per heavy atom. The summed E-state index contributed by atoms with van der Waals surface area (Å²) in [6.45, 7) is 2.43. The zero-order valence-corrected chi connectivity index (χ0v) is 17.0. The molecular formula is C19H17BrF3N5O. The zero-order valence-electron chi connectivity index (χ0n) is 15.4. The smallest absolute Gasteiger partial charge is 0.335 e. The van der Waals surface area contributed by atoms with Crippen LogP contribution in [0, 0.1) is 0 Å². The number of hydrogen-bond donors (Lipinski definition) is 0. The van der Waals surface area contributed by atoms with Crippen LogP contribution >= 0.6 is 15.9 Å². The van der Waals surface area contributed by atoms with Crippen molar-refractivity contribution in [3.8, 4) is 11.3 Å². The lowest BCUT2D eigenvalue weighted by Gasteiger charge is -2.31. The summed E-state index contributed by atoms with van der Waals surface area (Å²) in [5, 5.41) is 3.94. The third-order valence-electron chi connectivity index (χ3n) is 4.87. The minimum absolute atomic E-state index is 0.0183. The third kappa shape index (κ3) is 3.99. The molecule has 1 aliphatic rings. The van der Waals surface area contributed by atoms with Crippen LogP contribution in [0.25, 0.3) is 16.9 Å². The molecule has 1 aliphatic heterocycles. The molecule has 0 aliphatic carbocycles. The molecule has 6 nitrogen and oxygen atoms in total. The Kier molecular flexibility index (Phi) is 5.07. The van der Waals surface area contributed by atoms with Gasteiger partial charge in [0.25, 0.3) is 5.91 Å². The van der Waals surface area contributed by atoms with Crippen molar-refractivity contribution in [1.82, 2.24) is 24.4 Å². The highest BCUT2D eigenvalue weighted by Gasteiger charge is 2.36. The van der Waals surface area contributed by atoms with Gasteiger partial charge >= 0.3 is 6.18 Å². The molecule has 10 heteroatoms. The molecule has 0 radical (unpaired) electrons. The van der Waals surface area contributed by atoms with Crippen LogP contribution < -0.4 is 0 Å². The molecule has 3 heterocycles. The molecule has 1 amide bonds. The molecule has 0 bridgehead atoms. The van der Waals surface area contributed by atoms with Crippen LogP contribution in [-0.4, -0.2) is 63.5 Å². The van der Waals surface area contributed by atoms with Crippen LogP contribution in [0.15, 0.2) is 40.9 Å². The highest BCUT2D eigenvalue weighted by molar-refractivity contribution is 9.10. The molecule has 1 fully saturated rings. The average molecular weight is 468 g/mol. The van der Waals surface area contributed by atoms with Gasteiger partial charge in [0, 0.05) is 42.3 Å². The van der Waals surface area contributed by atoms with Gasteiger partial charge in [-0.25, -0.2) is 9.50 Å². The summed E-state index contributed by atoms with van der Waals surface area (Å²) < 4.78 is 42.6. The fourth-order valence-electron chi connectivity index (χ4n) is 3.22. The van der Waals surface area contributed by atoms with Crippen LogP contribution in [0.3, 0.4) is 0 Å². The van der Waals surface area contributed by atoms with Crippen LogP contribution in [0.5, 0.6) is 0 Å². The van der Waals surface area contributed by atoms with Gasteiger partial charge in [-0.05, 0) is 25.2 Å². The van der Waals surface area contributed by atoms with Gasteiger partial charge in [-0.3, -0.25) is 4.79 Å². The van der Waals surface area contributed by atoms with Gasteiger partial charge in [-0.1, -0.05) is 28.1 Å². The molecule has 2 aromatic heterocycles. The highest BCUT2D eigenvalue weighted by Crippen LogP contribution is 2.32. The molecule has 0 unspecified atom stereocenters. The number of nitrogens with zero attached hydrogens (tertiary/aromatic N) is 5. The first kappa shape index (κ1) is 19.8. The molecule has 1 saturated heterocycles. The number of carbonyl (C=O) groups is 1. The quantitative estimate of drug-likeness (QED) is 0.578. The third-order valence-corrected chi connectivity index (χ3v) is 5.40. The van der Waals surface area contributed by atoms with E-state index in [0.717, 1.165) is 10.5 Å². The SMILES string of the molecule is CN1CCN(C(=O)c2cc3nc(-c4ccc(Br)cc4)cc(C(F)(F)F)n3n2)CC1. The van der Waals surface area contributed by atoms with E-state index in [1.54, 1.807) is 29.2 Å². The highest BCUT2D eigenvalue weighted by atomic mass is 79.9. The number of aromatic nitrogens is 3. The molecule has 4 rings (SSSR count). The van der Waals surface area contributed by atoms with E-state index in [1.807, 2.05) is 7.05 Å². The van der Waals surface area contributed by atoms with Crippen LogP contribution in [0.2, 0.25) is 0 Å². The summed E-state index contributed by atoms with van der Waals surface area (Å²) in [7, 11) is 1.95. The number of benzene rings is 1. The van der Waals surface area contributed by atoms with E-state index in [-0.39, 0.29) is 22.9 Å². The van der Waals surface area contributed by atoms with E-state index in [2.05, 4.69) is 30.9 Å². The number of piperazine rings is 1. The lowest BCUT2D eigenvalue weighted by molar-refractivity contribution is -0.142. The summed E-state index contributed by atoms with van der Waals surface area (Å²) >= 11 is 3.31. The normalized spacial score (nSPS) is 15.8. The number of hydrogen-bond acceptors (Lipinski definition) is 4.